The summed E-state index contributed by atoms with van der Waals surface area (Å²) in [6.07, 6.45) is 4.38. The molecule has 1 aromatic rings. The van der Waals surface area contributed by atoms with Crippen LogP contribution >= 0.6 is 0 Å². The van der Waals surface area contributed by atoms with Crippen molar-refractivity contribution in [3.63, 3.8) is 0 Å². The molecule has 0 aliphatic carbocycles. The fourth-order valence-corrected chi connectivity index (χ4v) is 1.91. The predicted octanol–water partition coefficient (Wildman–Crippen LogP) is 0.614. The molecule has 0 spiro atoms. The van der Waals surface area contributed by atoms with Crippen molar-refractivity contribution in [3.05, 3.63) is 18.1 Å². The molecule has 0 unspecified atom stereocenters. The molecule has 98 valence electrons. The number of nitrogens with zero attached hydrogens (tertiary/aromatic N) is 3. The SMILES string of the molecule is COC(=O)c1cnc(N2CCC(C)(O)CC2)cn1. The minimum atomic E-state index is -0.587. The Morgan fingerprint density at radius 3 is 2.56 bits per heavy atom. The van der Waals surface area contributed by atoms with Crippen molar-refractivity contribution in [2.24, 2.45) is 0 Å². The maximum atomic E-state index is 11.2. The number of carbonyl (C=O) groups excluding carboxylic acids is 1. The lowest BCUT2D eigenvalue weighted by molar-refractivity contribution is 0.0350. The molecule has 0 bridgehead atoms. The molecule has 1 fully saturated rings. The van der Waals surface area contributed by atoms with Crippen LogP contribution in [0.5, 0.6) is 0 Å². The van der Waals surface area contributed by atoms with Gasteiger partial charge in [-0.3, -0.25) is 0 Å². The number of ether oxygens (including phenoxy) is 1. The number of hydrogen-bond acceptors (Lipinski definition) is 6. The van der Waals surface area contributed by atoms with Crippen LogP contribution in [0.25, 0.3) is 0 Å². The standard InChI is InChI=1S/C12H17N3O3/c1-12(17)3-5-15(6-4-12)10-8-13-9(7-14-10)11(16)18-2/h7-8,17H,3-6H2,1-2H3. The number of anilines is 1. The number of rotatable bonds is 2. The van der Waals surface area contributed by atoms with Gasteiger partial charge in [0.2, 0.25) is 0 Å². The normalized spacial score (nSPS) is 18.5. The molecule has 1 aliphatic heterocycles. The van der Waals surface area contributed by atoms with Crippen LogP contribution in [-0.2, 0) is 4.74 Å². The van der Waals surface area contributed by atoms with Crippen LogP contribution in [0.2, 0.25) is 0 Å². The summed E-state index contributed by atoms with van der Waals surface area (Å²) in [4.78, 5) is 21.5. The fraction of sp³-hybridized carbons (Fsp3) is 0.583. The van der Waals surface area contributed by atoms with E-state index in [2.05, 4.69) is 14.7 Å². The van der Waals surface area contributed by atoms with Gasteiger partial charge in [-0.15, -0.1) is 0 Å². The van der Waals surface area contributed by atoms with E-state index < -0.39 is 11.6 Å². The maximum absolute atomic E-state index is 11.2. The van der Waals surface area contributed by atoms with Gasteiger partial charge in [0.15, 0.2) is 5.69 Å². The smallest absolute Gasteiger partial charge is 0.358 e. The zero-order valence-corrected chi connectivity index (χ0v) is 10.6. The number of aliphatic hydroxyl groups is 1. The number of esters is 1. The Hall–Kier alpha value is -1.69. The Labute approximate surface area is 106 Å². The van der Waals surface area contributed by atoms with Crippen molar-refractivity contribution in [2.75, 3.05) is 25.1 Å². The average molecular weight is 251 g/mol. The van der Waals surface area contributed by atoms with Gasteiger partial charge < -0.3 is 14.7 Å². The van der Waals surface area contributed by atoms with Gasteiger partial charge in [-0.25, -0.2) is 14.8 Å². The van der Waals surface area contributed by atoms with Crippen LogP contribution in [0, 0.1) is 0 Å². The van der Waals surface area contributed by atoms with E-state index in [1.165, 1.54) is 13.3 Å². The largest absolute Gasteiger partial charge is 0.464 e. The molecule has 0 amide bonds. The second kappa shape index (κ2) is 4.89. The predicted molar refractivity (Wildman–Crippen MR) is 65.4 cm³/mol. The van der Waals surface area contributed by atoms with Crippen molar-refractivity contribution in [1.29, 1.82) is 0 Å². The van der Waals surface area contributed by atoms with Gasteiger partial charge >= 0.3 is 5.97 Å². The van der Waals surface area contributed by atoms with E-state index >= 15 is 0 Å². The average Bonchev–Trinajstić information content (AvgIpc) is 2.38. The van der Waals surface area contributed by atoms with Crippen molar-refractivity contribution in [1.82, 2.24) is 9.97 Å². The van der Waals surface area contributed by atoms with Gasteiger partial charge in [-0.2, -0.15) is 0 Å². The summed E-state index contributed by atoms with van der Waals surface area (Å²) in [5.41, 5.74) is -0.388. The molecule has 18 heavy (non-hydrogen) atoms. The van der Waals surface area contributed by atoms with Crippen molar-refractivity contribution in [3.8, 4) is 0 Å². The lowest BCUT2D eigenvalue weighted by atomic mass is 9.94. The molecule has 1 aliphatic rings. The molecule has 1 aromatic heterocycles. The summed E-state index contributed by atoms with van der Waals surface area (Å²) in [6, 6.07) is 0. The van der Waals surface area contributed by atoms with E-state index in [9.17, 15) is 9.90 Å². The molecular formula is C12H17N3O3. The van der Waals surface area contributed by atoms with Gasteiger partial charge in [0, 0.05) is 13.1 Å². The molecular weight excluding hydrogens is 234 g/mol. The minimum absolute atomic E-state index is 0.199. The number of methoxy groups -OCH3 is 1. The first-order chi connectivity index (χ1) is 8.52. The summed E-state index contributed by atoms with van der Waals surface area (Å²) in [5, 5.41) is 9.86. The monoisotopic (exact) mass is 251 g/mol. The summed E-state index contributed by atoms with van der Waals surface area (Å²) in [7, 11) is 1.31. The highest BCUT2D eigenvalue weighted by molar-refractivity contribution is 5.86. The molecule has 2 heterocycles. The number of carbonyl (C=O) groups is 1. The summed E-state index contributed by atoms with van der Waals surface area (Å²) >= 11 is 0. The van der Waals surface area contributed by atoms with Crippen molar-refractivity contribution >= 4 is 11.8 Å². The lowest BCUT2D eigenvalue weighted by Gasteiger charge is -2.36. The second-order valence-corrected chi connectivity index (χ2v) is 4.74. The molecule has 1 saturated heterocycles. The van der Waals surface area contributed by atoms with Gasteiger partial charge in [-0.1, -0.05) is 0 Å². The molecule has 6 nitrogen and oxygen atoms in total. The third-order valence-electron chi connectivity index (χ3n) is 3.20. The highest BCUT2D eigenvalue weighted by Crippen LogP contribution is 2.24. The van der Waals surface area contributed by atoms with E-state index in [1.54, 1.807) is 6.20 Å². The molecule has 6 heteroatoms. The van der Waals surface area contributed by atoms with Crippen LogP contribution in [0.4, 0.5) is 5.82 Å². The molecule has 0 radical (unpaired) electrons. The summed E-state index contributed by atoms with van der Waals surface area (Å²) in [5.74, 6) is 0.230. The Morgan fingerprint density at radius 1 is 1.39 bits per heavy atom. The highest BCUT2D eigenvalue weighted by atomic mass is 16.5. The Balaban J connectivity index is 2.04. The van der Waals surface area contributed by atoms with Gasteiger partial charge in [-0.05, 0) is 19.8 Å². The first-order valence-corrected chi connectivity index (χ1v) is 5.89. The van der Waals surface area contributed by atoms with E-state index in [0.717, 1.165) is 18.9 Å². The highest BCUT2D eigenvalue weighted by Gasteiger charge is 2.28. The van der Waals surface area contributed by atoms with Crippen LogP contribution in [0.15, 0.2) is 12.4 Å². The first-order valence-electron chi connectivity index (χ1n) is 5.89. The molecule has 0 atom stereocenters. The topological polar surface area (TPSA) is 75.5 Å². The Kier molecular flexibility index (Phi) is 3.47. The van der Waals surface area contributed by atoms with E-state index in [1.807, 2.05) is 11.8 Å². The third kappa shape index (κ3) is 2.76. The molecule has 0 saturated carbocycles. The zero-order chi connectivity index (χ0) is 13.2. The molecule has 2 rings (SSSR count). The zero-order valence-electron chi connectivity index (χ0n) is 10.6. The Bertz CT molecular complexity index is 421. The quantitative estimate of drug-likeness (QED) is 0.776. The van der Waals surface area contributed by atoms with E-state index in [4.69, 9.17) is 0 Å². The first kappa shape index (κ1) is 12.8. The van der Waals surface area contributed by atoms with E-state index in [-0.39, 0.29) is 5.69 Å². The van der Waals surface area contributed by atoms with Gasteiger partial charge in [0.25, 0.3) is 0 Å². The van der Waals surface area contributed by atoms with Crippen LogP contribution < -0.4 is 4.90 Å². The summed E-state index contributed by atoms with van der Waals surface area (Å²) < 4.78 is 4.56. The Morgan fingerprint density at radius 2 is 2.06 bits per heavy atom. The third-order valence-corrected chi connectivity index (χ3v) is 3.20. The lowest BCUT2D eigenvalue weighted by Crippen LogP contribution is -2.42. The van der Waals surface area contributed by atoms with Crippen LogP contribution in [0.1, 0.15) is 30.3 Å². The van der Waals surface area contributed by atoms with Gasteiger partial charge in [0.1, 0.15) is 5.82 Å². The van der Waals surface area contributed by atoms with Crippen molar-refractivity contribution < 1.29 is 14.6 Å². The fourth-order valence-electron chi connectivity index (χ4n) is 1.91. The van der Waals surface area contributed by atoms with Crippen LogP contribution in [-0.4, -0.2) is 46.8 Å². The van der Waals surface area contributed by atoms with E-state index in [0.29, 0.717) is 12.8 Å². The maximum Gasteiger partial charge on any atom is 0.358 e. The number of hydrogen-bond donors (Lipinski definition) is 1. The van der Waals surface area contributed by atoms with Gasteiger partial charge in [0.05, 0.1) is 25.1 Å². The summed E-state index contributed by atoms with van der Waals surface area (Å²) in [6.45, 7) is 3.31. The van der Waals surface area contributed by atoms with Crippen molar-refractivity contribution in [2.45, 2.75) is 25.4 Å². The molecule has 1 N–H and O–H groups in total. The second-order valence-electron chi connectivity index (χ2n) is 4.74. The minimum Gasteiger partial charge on any atom is -0.464 e. The van der Waals surface area contributed by atoms with Crippen LogP contribution in [0.3, 0.4) is 0 Å². The molecule has 0 aromatic carbocycles. The number of aromatic nitrogens is 2. The number of piperidine rings is 1.